The van der Waals surface area contributed by atoms with Crippen LogP contribution in [0.2, 0.25) is 0 Å². The van der Waals surface area contributed by atoms with Crippen molar-refractivity contribution in [2.24, 2.45) is 0 Å². The minimum Gasteiger partial charge on any atom is -0.490 e. The third kappa shape index (κ3) is 3.04. The lowest BCUT2D eigenvalue weighted by Gasteiger charge is -2.22. The first-order valence-corrected chi connectivity index (χ1v) is 6.04. The van der Waals surface area contributed by atoms with E-state index in [0.29, 0.717) is 11.5 Å². The number of rotatable bonds is 4. The molecule has 1 aliphatic heterocycles. The van der Waals surface area contributed by atoms with Crippen LogP contribution in [0.15, 0.2) is 11.4 Å². The predicted molar refractivity (Wildman–Crippen MR) is 58.8 cm³/mol. The first-order valence-electron chi connectivity index (χ1n) is 5.16. The summed E-state index contributed by atoms with van der Waals surface area (Å²) >= 11 is 1.40. The fourth-order valence-electron chi connectivity index (χ4n) is 1.60. The lowest BCUT2D eigenvalue weighted by molar-refractivity contribution is -0.0109. The van der Waals surface area contributed by atoms with Crippen molar-refractivity contribution >= 4 is 17.6 Å². The van der Waals surface area contributed by atoms with E-state index in [-0.39, 0.29) is 6.10 Å². The Morgan fingerprint density at radius 2 is 2.53 bits per heavy atom. The summed E-state index contributed by atoms with van der Waals surface area (Å²) in [6.45, 7) is 1.44. The molecule has 2 heterocycles. The van der Waals surface area contributed by atoms with Gasteiger partial charge in [0.25, 0.3) is 0 Å². The van der Waals surface area contributed by atoms with Gasteiger partial charge in [0.05, 0.1) is 11.0 Å². The van der Waals surface area contributed by atoms with Crippen LogP contribution in [0.25, 0.3) is 0 Å². The zero-order valence-corrected chi connectivity index (χ0v) is 9.29. The van der Waals surface area contributed by atoms with E-state index < -0.39 is 0 Å². The van der Waals surface area contributed by atoms with Gasteiger partial charge in [-0.3, -0.25) is 4.79 Å². The van der Waals surface area contributed by atoms with Crippen molar-refractivity contribution in [1.82, 2.24) is 0 Å². The highest BCUT2D eigenvalue weighted by Gasteiger charge is 2.14. The van der Waals surface area contributed by atoms with Crippen molar-refractivity contribution in [1.29, 1.82) is 0 Å². The smallest absolute Gasteiger partial charge is 0.160 e. The Hall–Kier alpha value is -0.870. The molecular formula is C11H14O3S. The van der Waals surface area contributed by atoms with Gasteiger partial charge in [-0.1, -0.05) is 0 Å². The molecule has 1 saturated heterocycles. The number of ether oxygens (including phenoxy) is 2. The quantitative estimate of drug-likeness (QED) is 0.740. The SMILES string of the molecule is O=Cc1cc(OCC2CCCCO2)cs1. The number of carbonyl (C=O) groups excluding carboxylic acids is 1. The predicted octanol–water partition coefficient (Wildman–Crippen LogP) is 2.51. The van der Waals surface area contributed by atoms with Crippen LogP contribution in [0.3, 0.4) is 0 Å². The molecule has 0 radical (unpaired) electrons. The van der Waals surface area contributed by atoms with E-state index in [4.69, 9.17) is 9.47 Å². The van der Waals surface area contributed by atoms with Crippen LogP contribution in [-0.2, 0) is 4.74 Å². The van der Waals surface area contributed by atoms with Crippen molar-refractivity contribution in [3.8, 4) is 5.75 Å². The van der Waals surface area contributed by atoms with E-state index in [1.54, 1.807) is 6.07 Å². The van der Waals surface area contributed by atoms with E-state index >= 15 is 0 Å². The van der Waals surface area contributed by atoms with Crippen LogP contribution in [0.5, 0.6) is 5.75 Å². The highest BCUT2D eigenvalue weighted by molar-refractivity contribution is 7.11. The highest BCUT2D eigenvalue weighted by atomic mass is 32.1. The van der Waals surface area contributed by atoms with Gasteiger partial charge in [-0.05, 0) is 19.3 Å². The lowest BCUT2D eigenvalue weighted by atomic mass is 10.1. The van der Waals surface area contributed by atoms with E-state index in [0.717, 1.165) is 31.5 Å². The molecule has 0 aromatic carbocycles. The average Bonchev–Trinajstić information content (AvgIpc) is 2.76. The second-order valence-electron chi connectivity index (χ2n) is 3.60. The Bertz CT molecular complexity index is 315. The van der Waals surface area contributed by atoms with Crippen molar-refractivity contribution in [3.05, 3.63) is 16.3 Å². The summed E-state index contributed by atoms with van der Waals surface area (Å²) in [5, 5.41) is 1.85. The molecule has 0 bridgehead atoms. The van der Waals surface area contributed by atoms with Crippen LogP contribution < -0.4 is 4.74 Å². The van der Waals surface area contributed by atoms with Gasteiger partial charge in [-0.2, -0.15) is 0 Å². The van der Waals surface area contributed by atoms with Crippen molar-refractivity contribution in [2.45, 2.75) is 25.4 Å². The Morgan fingerprint density at radius 1 is 1.60 bits per heavy atom. The fraction of sp³-hybridized carbons (Fsp3) is 0.545. The first-order chi connectivity index (χ1) is 7.38. The normalized spacial score (nSPS) is 21.2. The third-order valence-electron chi connectivity index (χ3n) is 2.42. The largest absolute Gasteiger partial charge is 0.490 e. The average molecular weight is 226 g/mol. The lowest BCUT2D eigenvalue weighted by Crippen LogP contribution is -2.25. The van der Waals surface area contributed by atoms with Crippen LogP contribution in [-0.4, -0.2) is 25.6 Å². The molecule has 3 nitrogen and oxygen atoms in total. The molecular weight excluding hydrogens is 212 g/mol. The van der Waals surface area contributed by atoms with Gasteiger partial charge < -0.3 is 9.47 Å². The van der Waals surface area contributed by atoms with E-state index in [1.165, 1.54) is 17.8 Å². The molecule has 0 saturated carbocycles. The highest BCUT2D eigenvalue weighted by Crippen LogP contribution is 2.21. The Morgan fingerprint density at radius 3 is 3.20 bits per heavy atom. The summed E-state index contributed by atoms with van der Waals surface area (Å²) in [5.41, 5.74) is 0. The van der Waals surface area contributed by atoms with Crippen molar-refractivity contribution < 1.29 is 14.3 Å². The van der Waals surface area contributed by atoms with Crippen LogP contribution >= 0.6 is 11.3 Å². The molecule has 0 amide bonds. The topological polar surface area (TPSA) is 35.5 Å². The minimum absolute atomic E-state index is 0.221. The zero-order valence-electron chi connectivity index (χ0n) is 8.48. The van der Waals surface area contributed by atoms with Crippen LogP contribution in [0.1, 0.15) is 28.9 Å². The molecule has 2 rings (SSSR count). The van der Waals surface area contributed by atoms with Gasteiger partial charge in [0, 0.05) is 18.1 Å². The molecule has 1 aromatic heterocycles. The number of hydrogen-bond donors (Lipinski definition) is 0. The van der Waals surface area contributed by atoms with Crippen LogP contribution in [0.4, 0.5) is 0 Å². The van der Waals surface area contributed by atoms with Gasteiger partial charge in [-0.15, -0.1) is 11.3 Å². The molecule has 4 heteroatoms. The summed E-state index contributed by atoms with van der Waals surface area (Å²) in [6, 6.07) is 1.76. The molecule has 1 aliphatic rings. The molecule has 0 spiro atoms. The van der Waals surface area contributed by atoms with Gasteiger partial charge in [0.15, 0.2) is 6.29 Å². The van der Waals surface area contributed by atoms with Gasteiger partial charge in [0.2, 0.25) is 0 Å². The fourth-order valence-corrected chi connectivity index (χ4v) is 2.23. The number of aldehydes is 1. The summed E-state index contributed by atoms with van der Waals surface area (Å²) in [6.07, 6.45) is 4.51. The Labute approximate surface area is 93.0 Å². The first kappa shape index (κ1) is 10.6. The van der Waals surface area contributed by atoms with Gasteiger partial charge in [-0.25, -0.2) is 0 Å². The molecule has 0 N–H and O–H groups in total. The molecule has 1 fully saturated rings. The maximum absolute atomic E-state index is 10.5. The van der Waals surface area contributed by atoms with Gasteiger partial charge >= 0.3 is 0 Å². The van der Waals surface area contributed by atoms with E-state index in [2.05, 4.69) is 0 Å². The van der Waals surface area contributed by atoms with Crippen molar-refractivity contribution in [2.75, 3.05) is 13.2 Å². The Kier molecular flexibility index (Phi) is 3.75. The molecule has 0 aliphatic carbocycles. The molecule has 15 heavy (non-hydrogen) atoms. The van der Waals surface area contributed by atoms with E-state index in [9.17, 15) is 4.79 Å². The summed E-state index contributed by atoms with van der Waals surface area (Å²) in [7, 11) is 0. The summed E-state index contributed by atoms with van der Waals surface area (Å²) in [5.74, 6) is 0.774. The second-order valence-corrected chi connectivity index (χ2v) is 4.55. The standard InChI is InChI=1S/C11H14O3S/c12-6-11-5-10(8-15-11)14-7-9-3-1-2-4-13-9/h5-6,8-9H,1-4,7H2. The molecule has 82 valence electrons. The molecule has 1 atom stereocenters. The molecule has 1 unspecified atom stereocenters. The van der Waals surface area contributed by atoms with Crippen LogP contribution in [0, 0.1) is 0 Å². The molecule has 1 aromatic rings. The maximum Gasteiger partial charge on any atom is 0.160 e. The number of hydrogen-bond acceptors (Lipinski definition) is 4. The summed E-state index contributed by atoms with van der Waals surface area (Å²) < 4.78 is 11.1. The van der Waals surface area contributed by atoms with Crippen molar-refractivity contribution in [3.63, 3.8) is 0 Å². The van der Waals surface area contributed by atoms with Gasteiger partial charge in [0.1, 0.15) is 12.4 Å². The summed E-state index contributed by atoms with van der Waals surface area (Å²) in [4.78, 5) is 11.2. The maximum atomic E-state index is 10.5. The van der Waals surface area contributed by atoms with E-state index in [1.807, 2.05) is 5.38 Å². The second kappa shape index (κ2) is 5.28. The third-order valence-corrected chi connectivity index (χ3v) is 3.26. The zero-order chi connectivity index (χ0) is 10.5. The number of carbonyl (C=O) groups is 1. The Balaban J connectivity index is 1.79. The monoisotopic (exact) mass is 226 g/mol. The number of thiophene rings is 1. The minimum atomic E-state index is 0.221.